The van der Waals surface area contributed by atoms with E-state index >= 15 is 0 Å². The van der Waals surface area contributed by atoms with Gasteiger partial charge in [0.2, 0.25) is 5.91 Å². The molecule has 0 aliphatic carbocycles. The summed E-state index contributed by atoms with van der Waals surface area (Å²) >= 11 is 0. The summed E-state index contributed by atoms with van der Waals surface area (Å²) in [7, 11) is 0. The van der Waals surface area contributed by atoms with Crippen LogP contribution in [0.15, 0.2) is 35.4 Å². The van der Waals surface area contributed by atoms with Crippen molar-refractivity contribution in [1.82, 2.24) is 10.5 Å². The van der Waals surface area contributed by atoms with Crippen molar-refractivity contribution < 1.29 is 14.4 Å². The Labute approximate surface area is 136 Å². The minimum Gasteiger partial charge on any atom is -0.273 e. The fraction of sp³-hybridized carbons (Fsp3) is 0.471. The lowest BCUT2D eigenvalue weighted by Gasteiger charge is -2.23. The van der Waals surface area contributed by atoms with E-state index in [1.54, 1.807) is 0 Å². The van der Waals surface area contributed by atoms with E-state index in [2.05, 4.69) is 17.5 Å². The van der Waals surface area contributed by atoms with E-state index in [-0.39, 0.29) is 18.2 Å². The molecule has 124 valence electrons. The molecule has 23 heavy (non-hydrogen) atoms. The van der Waals surface area contributed by atoms with Gasteiger partial charge in [-0.2, -0.15) is 5.10 Å². The number of nitrogens with zero attached hydrogens (tertiary/aromatic N) is 2. The van der Waals surface area contributed by atoms with Crippen LogP contribution in [0, 0.1) is 5.92 Å². The smallest absolute Gasteiger partial charge is 0.273 e. The first-order chi connectivity index (χ1) is 11.1. The van der Waals surface area contributed by atoms with Crippen molar-refractivity contribution in [1.29, 1.82) is 0 Å². The zero-order valence-corrected chi connectivity index (χ0v) is 13.6. The molecule has 0 bridgehead atoms. The van der Waals surface area contributed by atoms with Gasteiger partial charge >= 0.3 is 0 Å². The highest BCUT2D eigenvalue weighted by Crippen LogP contribution is 2.13. The lowest BCUT2D eigenvalue weighted by Crippen LogP contribution is -2.39. The van der Waals surface area contributed by atoms with Crippen molar-refractivity contribution in [3.05, 3.63) is 35.9 Å². The van der Waals surface area contributed by atoms with Crippen molar-refractivity contribution in [2.45, 2.75) is 39.7 Å². The third-order valence-corrected chi connectivity index (χ3v) is 3.77. The monoisotopic (exact) mass is 317 g/mol. The third-order valence-electron chi connectivity index (χ3n) is 3.77. The molecule has 0 saturated heterocycles. The molecule has 2 rings (SSSR count). The van der Waals surface area contributed by atoms with E-state index in [1.807, 2.05) is 37.3 Å². The summed E-state index contributed by atoms with van der Waals surface area (Å²) in [6.45, 7) is 4.94. The van der Waals surface area contributed by atoms with Gasteiger partial charge in [-0.15, -0.1) is 0 Å². The van der Waals surface area contributed by atoms with Crippen molar-refractivity contribution in [3.63, 3.8) is 0 Å². The Morgan fingerprint density at radius 1 is 1.35 bits per heavy atom. The van der Waals surface area contributed by atoms with Gasteiger partial charge < -0.3 is 0 Å². The zero-order valence-electron chi connectivity index (χ0n) is 13.6. The summed E-state index contributed by atoms with van der Waals surface area (Å²) in [4.78, 5) is 29.2. The van der Waals surface area contributed by atoms with Crippen LogP contribution < -0.4 is 5.48 Å². The van der Waals surface area contributed by atoms with Crippen LogP contribution in [-0.2, 0) is 21.0 Å². The molecule has 0 saturated carbocycles. The molecule has 0 spiro atoms. The molecule has 1 N–H and O–H groups in total. The van der Waals surface area contributed by atoms with Crippen LogP contribution in [0.2, 0.25) is 0 Å². The number of rotatable bonds is 7. The Morgan fingerprint density at radius 3 is 2.78 bits per heavy atom. The molecule has 2 amide bonds. The molecule has 1 aliphatic rings. The van der Waals surface area contributed by atoms with Crippen molar-refractivity contribution >= 4 is 17.5 Å². The fourth-order valence-electron chi connectivity index (χ4n) is 2.07. The molecule has 1 unspecified atom stereocenters. The quantitative estimate of drug-likeness (QED) is 0.784. The van der Waals surface area contributed by atoms with Gasteiger partial charge in [-0.25, -0.2) is 10.5 Å². The number of carbonyl (C=O) groups is 2. The Hall–Kier alpha value is -2.21. The first-order valence-corrected chi connectivity index (χ1v) is 7.94. The van der Waals surface area contributed by atoms with Gasteiger partial charge in [-0.3, -0.25) is 14.4 Å². The average Bonchev–Trinajstić information content (AvgIpc) is 2.57. The van der Waals surface area contributed by atoms with Gasteiger partial charge in [0.25, 0.3) is 5.91 Å². The molecule has 6 nitrogen and oxygen atoms in total. The van der Waals surface area contributed by atoms with Crippen molar-refractivity contribution in [2.75, 3.05) is 6.61 Å². The van der Waals surface area contributed by atoms with Crippen LogP contribution in [0.3, 0.4) is 0 Å². The number of benzene rings is 1. The number of nitrogens with one attached hydrogen (secondary N) is 1. The molecule has 0 fully saturated rings. The maximum Gasteiger partial charge on any atom is 0.291 e. The fourth-order valence-corrected chi connectivity index (χ4v) is 2.07. The summed E-state index contributed by atoms with van der Waals surface area (Å²) in [5.41, 5.74) is 3.70. The summed E-state index contributed by atoms with van der Waals surface area (Å²) in [5.74, 6) is -0.0791. The van der Waals surface area contributed by atoms with E-state index in [9.17, 15) is 9.59 Å². The Balaban J connectivity index is 1.94. The number of amides is 2. The van der Waals surface area contributed by atoms with Crippen LogP contribution >= 0.6 is 0 Å². The molecule has 6 heteroatoms. The number of hydrogen-bond donors (Lipinski definition) is 1. The average molecular weight is 317 g/mol. The summed E-state index contributed by atoms with van der Waals surface area (Å²) in [6, 6.07) is 9.57. The molecule has 0 radical (unpaired) electrons. The second kappa shape index (κ2) is 8.43. The molecule has 1 aliphatic heterocycles. The second-order valence-electron chi connectivity index (χ2n) is 5.74. The topological polar surface area (TPSA) is 71.0 Å². The lowest BCUT2D eigenvalue weighted by atomic mass is 10.1. The number of hydrazone groups is 1. The Bertz CT molecular complexity index is 572. The predicted molar refractivity (Wildman–Crippen MR) is 87.2 cm³/mol. The lowest BCUT2D eigenvalue weighted by molar-refractivity contribution is -0.133. The summed E-state index contributed by atoms with van der Waals surface area (Å²) in [5, 5.41) is 5.53. The normalized spacial score (nSPS) is 16.0. The molecular formula is C17H23N3O3. The Kier molecular flexibility index (Phi) is 6.29. The van der Waals surface area contributed by atoms with Gasteiger partial charge in [-0.05, 0) is 11.5 Å². The van der Waals surface area contributed by atoms with Crippen molar-refractivity contribution in [3.8, 4) is 0 Å². The van der Waals surface area contributed by atoms with Gasteiger partial charge in [-0.1, -0.05) is 50.6 Å². The van der Waals surface area contributed by atoms with E-state index in [1.165, 1.54) is 5.01 Å². The van der Waals surface area contributed by atoms with Gasteiger partial charge in [0.05, 0.1) is 13.2 Å². The van der Waals surface area contributed by atoms with Crippen LogP contribution in [0.4, 0.5) is 0 Å². The molecule has 0 aromatic heterocycles. The minimum atomic E-state index is -0.376. The maximum atomic E-state index is 12.1. The molecule has 1 heterocycles. The zero-order chi connectivity index (χ0) is 16.7. The van der Waals surface area contributed by atoms with Crippen LogP contribution in [-0.4, -0.2) is 29.1 Å². The predicted octanol–water partition coefficient (Wildman–Crippen LogP) is 2.26. The molecule has 1 aromatic rings. The maximum absolute atomic E-state index is 12.1. The summed E-state index contributed by atoms with van der Waals surface area (Å²) < 4.78 is 0. The van der Waals surface area contributed by atoms with E-state index in [4.69, 9.17) is 4.84 Å². The van der Waals surface area contributed by atoms with Gasteiger partial charge in [0, 0.05) is 12.8 Å². The van der Waals surface area contributed by atoms with Gasteiger partial charge in [0.15, 0.2) is 0 Å². The van der Waals surface area contributed by atoms with Crippen LogP contribution in [0.25, 0.3) is 0 Å². The van der Waals surface area contributed by atoms with Crippen LogP contribution in [0.1, 0.15) is 38.7 Å². The highest BCUT2D eigenvalue weighted by Gasteiger charge is 2.24. The SMILES string of the molecule is CCC(C)CONC(=O)C1=NN(Cc2ccccc2)C(=O)CC1. The van der Waals surface area contributed by atoms with E-state index in [0.29, 0.717) is 31.2 Å². The number of hydrogen-bond acceptors (Lipinski definition) is 4. The minimum absolute atomic E-state index is 0.0778. The highest BCUT2D eigenvalue weighted by molar-refractivity contribution is 6.39. The second-order valence-corrected chi connectivity index (χ2v) is 5.74. The first-order valence-electron chi connectivity index (χ1n) is 7.94. The molecular weight excluding hydrogens is 294 g/mol. The standard InChI is InChI=1S/C17H23N3O3/c1-3-13(2)12-23-19-17(22)15-9-10-16(21)20(18-15)11-14-7-5-4-6-8-14/h4-8,13H,3,9-12H2,1-2H3,(H,19,22). The third kappa shape index (κ3) is 5.17. The largest absolute Gasteiger partial charge is 0.291 e. The number of hydroxylamine groups is 1. The van der Waals surface area contributed by atoms with Crippen LogP contribution in [0.5, 0.6) is 0 Å². The Morgan fingerprint density at radius 2 is 2.09 bits per heavy atom. The van der Waals surface area contributed by atoms with E-state index < -0.39 is 0 Å². The van der Waals surface area contributed by atoms with E-state index in [0.717, 1.165) is 12.0 Å². The molecule has 1 aromatic carbocycles. The highest BCUT2D eigenvalue weighted by atomic mass is 16.7. The summed E-state index contributed by atoms with van der Waals surface area (Å²) in [6.07, 6.45) is 1.60. The first kappa shape index (κ1) is 17.1. The van der Waals surface area contributed by atoms with Crippen molar-refractivity contribution in [2.24, 2.45) is 11.0 Å². The van der Waals surface area contributed by atoms with Gasteiger partial charge in [0.1, 0.15) is 5.71 Å². The molecule has 1 atom stereocenters. The number of carbonyl (C=O) groups excluding carboxylic acids is 2.